The van der Waals surface area contributed by atoms with E-state index in [9.17, 15) is 0 Å². The molecule has 2 aliphatic heterocycles. The first-order valence-electron chi connectivity index (χ1n) is 5.73. The number of fused-ring (bicyclic) bond motifs is 2. The Morgan fingerprint density at radius 3 is 2.88 bits per heavy atom. The fourth-order valence-electron chi connectivity index (χ4n) is 2.36. The zero-order chi connectivity index (χ0) is 11.0. The third kappa shape index (κ3) is 1.75. The number of ether oxygens (including phenoxy) is 3. The highest BCUT2D eigenvalue weighted by molar-refractivity contribution is 5.16. The Labute approximate surface area is 95.3 Å². The lowest BCUT2D eigenvalue weighted by molar-refractivity contribution is -0.264. The van der Waals surface area contributed by atoms with Crippen molar-refractivity contribution in [1.29, 1.82) is 0 Å². The lowest BCUT2D eigenvalue weighted by Gasteiger charge is -2.36. The second kappa shape index (κ2) is 3.84. The van der Waals surface area contributed by atoms with Crippen molar-refractivity contribution < 1.29 is 14.2 Å². The lowest BCUT2D eigenvalue weighted by Crippen LogP contribution is -2.48. The van der Waals surface area contributed by atoms with Crippen molar-refractivity contribution in [2.24, 2.45) is 0 Å². The summed E-state index contributed by atoms with van der Waals surface area (Å²) in [6.07, 6.45) is 0.954. The Morgan fingerprint density at radius 2 is 2.06 bits per heavy atom. The molecular weight excluding hydrogens is 204 g/mol. The maximum atomic E-state index is 5.82. The van der Waals surface area contributed by atoms with Gasteiger partial charge in [0.05, 0.1) is 13.2 Å². The average molecular weight is 220 g/mol. The summed E-state index contributed by atoms with van der Waals surface area (Å²) in [5.74, 6) is -0.557. The molecule has 2 saturated heterocycles. The molecule has 1 aromatic carbocycles. The van der Waals surface area contributed by atoms with Crippen LogP contribution in [0.25, 0.3) is 0 Å². The molecule has 2 heterocycles. The second-order valence-electron chi connectivity index (χ2n) is 4.58. The van der Waals surface area contributed by atoms with Crippen LogP contribution in [-0.2, 0) is 20.6 Å². The first kappa shape index (κ1) is 10.3. The fourth-order valence-corrected chi connectivity index (χ4v) is 2.36. The molecule has 0 amide bonds. The number of rotatable bonds is 2. The first-order valence-corrected chi connectivity index (χ1v) is 5.73. The largest absolute Gasteiger partial charge is 0.369 e. The quantitative estimate of drug-likeness (QED) is 0.760. The number of hydrogen-bond acceptors (Lipinski definition) is 3. The highest BCUT2D eigenvalue weighted by Crippen LogP contribution is 2.34. The first-order chi connectivity index (χ1) is 7.76. The van der Waals surface area contributed by atoms with Gasteiger partial charge < -0.3 is 14.2 Å². The van der Waals surface area contributed by atoms with Crippen molar-refractivity contribution in [3.8, 4) is 0 Å². The molecule has 0 radical (unpaired) electrons. The molecule has 16 heavy (non-hydrogen) atoms. The van der Waals surface area contributed by atoms with E-state index < -0.39 is 5.79 Å². The molecule has 0 N–H and O–H groups in total. The van der Waals surface area contributed by atoms with Crippen molar-refractivity contribution >= 4 is 0 Å². The Kier molecular flexibility index (Phi) is 2.46. The maximum absolute atomic E-state index is 5.82. The summed E-state index contributed by atoms with van der Waals surface area (Å²) in [5, 5.41) is 0. The molecule has 2 aliphatic rings. The van der Waals surface area contributed by atoms with Crippen LogP contribution in [-0.4, -0.2) is 31.2 Å². The predicted molar refractivity (Wildman–Crippen MR) is 59.1 cm³/mol. The zero-order valence-electron chi connectivity index (χ0n) is 9.39. The topological polar surface area (TPSA) is 27.7 Å². The van der Waals surface area contributed by atoms with Crippen LogP contribution in [0, 0.1) is 0 Å². The number of benzene rings is 1. The minimum atomic E-state index is -0.557. The van der Waals surface area contributed by atoms with Gasteiger partial charge in [-0.3, -0.25) is 0 Å². The monoisotopic (exact) mass is 220 g/mol. The molecule has 3 heteroatoms. The summed E-state index contributed by atoms with van der Waals surface area (Å²) in [4.78, 5) is 0. The molecule has 0 aromatic heterocycles. The van der Waals surface area contributed by atoms with E-state index in [1.54, 1.807) is 0 Å². The van der Waals surface area contributed by atoms with Crippen molar-refractivity contribution in [2.45, 2.75) is 31.3 Å². The van der Waals surface area contributed by atoms with Crippen LogP contribution in [0.2, 0.25) is 0 Å². The Balaban J connectivity index is 1.75. The van der Waals surface area contributed by atoms with Crippen LogP contribution < -0.4 is 0 Å². The van der Waals surface area contributed by atoms with Crippen LogP contribution >= 0.6 is 0 Å². The van der Waals surface area contributed by atoms with Gasteiger partial charge in [0.15, 0.2) is 5.79 Å². The van der Waals surface area contributed by atoms with E-state index >= 15 is 0 Å². The van der Waals surface area contributed by atoms with Gasteiger partial charge in [-0.15, -0.1) is 0 Å². The smallest absolute Gasteiger partial charge is 0.192 e. The van der Waals surface area contributed by atoms with Gasteiger partial charge in [0.25, 0.3) is 0 Å². The van der Waals surface area contributed by atoms with E-state index in [4.69, 9.17) is 14.2 Å². The Morgan fingerprint density at radius 1 is 1.25 bits per heavy atom. The maximum Gasteiger partial charge on any atom is 0.192 e. The molecule has 2 fully saturated rings. The third-order valence-electron chi connectivity index (χ3n) is 3.29. The summed E-state index contributed by atoms with van der Waals surface area (Å²) in [6, 6.07) is 10.3. The lowest BCUT2D eigenvalue weighted by atomic mass is 10.0. The molecule has 3 rings (SSSR count). The summed E-state index contributed by atoms with van der Waals surface area (Å²) in [5.41, 5.74) is 1.26. The van der Waals surface area contributed by atoms with Gasteiger partial charge in [-0.1, -0.05) is 30.3 Å². The van der Waals surface area contributed by atoms with Crippen molar-refractivity contribution in [3.05, 3.63) is 35.9 Å². The van der Waals surface area contributed by atoms with Crippen LogP contribution in [0.4, 0.5) is 0 Å². The molecule has 2 bridgehead atoms. The molecule has 1 aromatic rings. The minimum Gasteiger partial charge on any atom is -0.369 e. The molecule has 0 saturated carbocycles. The van der Waals surface area contributed by atoms with E-state index in [1.165, 1.54) is 5.56 Å². The minimum absolute atomic E-state index is 0.00588. The molecule has 0 spiro atoms. The SMILES string of the molecule is C[C@]12OC[C@H](CO[C@H]1Cc1ccccc1)O2. The Hall–Kier alpha value is -0.900. The van der Waals surface area contributed by atoms with Gasteiger partial charge in [0.2, 0.25) is 0 Å². The van der Waals surface area contributed by atoms with E-state index in [-0.39, 0.29) is 12.2 Å². The van der Waals surface area contributed by atoms with Gasteiger partial charge in [-0.2, -0.15) is 0 Å². The standard InChI is InChI=1S/C13H16O3/c1-13-12(7-10-5-3-2-4-6-10)14-8-11(16-13)9-15-13/h2-6,11-12H,7-9H2,1H3/t11-,12-,13+/m0/s1. The summed E-state index contributed by atoms with van der Waals surface area (Å²) in [7, 11) is 0. The Bertz CT molecular complexity index is 365. The van der Waals surface area contributed by atoms with Gasteiger partial charge in [-0.05, 0) is 12.5 Å². The molecule has 3 atom stereocenters. The fraction of sp³-hybridized carbons (Fsp3) is 0.538. The molecule has 0 aliphatic carbocycles. The van der Waals surface area contributed by atoms with Crippen LogP contribution in [0.5, 0.6) is 0 Å². The van der Waals surface area contributed by atoms with Gasteiger partial charge in [0, 0.05) is 6.42 Å². The van der Waals surface area contributed by atoms with E-state index in [0.29, 0.717) is 13.2 Å². The third-order valence-corrected chi connectivity index (χ3v) is 3.29. The summed E-state index contributed by atoms with van der Waals surface area (Å²) in [6.45, 7) is 3.27. The van der Waals surface area contributed by atoms with Crippen molar-refractivity contribution in [1.82, 2.24) is 0 Å². The molecular formula is C13H16O3. The predicted octanol–water partition coefficient (Wildman–Crippen LogP) is 1.76. The van der Waals surface area contributed by atoms with Crippen molar-refractivity contribution in [3.63, 3.8) is 0 Å². The molecule has 0 unspecified atom stereocenters. The highest BCUT2D eigenvalue weighted by atomic mass is 16.8. The molecule has 86 valence electrons. The van der Waals surface area contributed by atoms with Crippen LogP contribution in [0.3, 0.4) is 0 Å². The van der Waals surface area contributed by atoms with Gasteiger partial charge >= 0.3 is 0 Å². The van der Waals surface area contributed by atoms with E-state index in [2.05, 4.69) is 12.1 Å². The van der Waals surface area contributed by atoms with Crippen molar-refractivity contribution in [2.75, 3.05) is 13.2 Å². The normalized spacial score (nSPS) is 37.6. The van der Waals surface area contributed by atoms with E-state index in [0.717, 1.165) is 6.42 Å². The van der Waals surface area contributed by atoms with Gasteiger partial charge in [0.1, 0.15) is 12.2 Å². The van der Waals surface area contributed by atoms with E-state index in [1.807, 2.05) is 25.1 Å². The van der Waals surface area contributed by atoms with Gasteiger partial charge in [-0.25, -0.2) is 0 Å². The zero-order valence-corrected chi connectivity index (χ0v) is 9.39. The van der Waals surface area contributed by atoms with Crippen LogP contribution in [0.1, 0.15) is 12.5 Å². The summed E-state index contributed by atoms with van der Waals surface area (Å²) >= 11 is 0. The average Bonchev–Trinajstić information content (AvgIpc) is 2.62. The number of hydrogen-bond donors (Lipinski definition) is 0. The molecule has 3 nitrogen and oxygen atoms in total. The van der Waals surface area contributed by atoms with Crippen LogP contribution in [0.15, 0.2) is 30.3 Å². The summed E-state index contributed by atoms with van der Waals surface area (Å²) < 4.78 is 17.3. The highest BCUT2D eigenvalue weighted by Gasteiger charge is 2.48. The second-order valence-corrected chi connectivity index (χ2v) is 4.58.